The molecule has 0 saturated heterocycles. The summed E-state index contributed by atoms with van der Waals surface area (Å²) in [5.74, 6) is -2.09. The SMILES string of the molecule is CC(NC(=O)C(C)C(N)c1ccccc1)c1ccc(F)cc1F. The highest BCUT2D eigenvalue weighted by Crippen LogP contribution is 2.22. The van der Waals surface area contributed by atoms with Gasteiger partial charge >= 0.3 is 0 Å². The van der Waals surface area contributed by atoms with Gasteiger partial charge in [0.1, 0.15) is 11.6 Å². The van der Waals surface area contributed by atoms with Crippen LogP contribution in [0.2, 0.25) is 0 Å². The highest BCUT2D eigenvalue weighted by Gasteiger charge is 2.24. The molecule has 0 radical (unpaired) electrons. The second kappa shape index (κ2) is 7.33. The molecule has 122 valence electrons. The first kappa shape index (κ1) is 17.1. The van der Waals surface area contributed by atoms with Crippen LogP contribution in [-0.2, 0) is 4.79 Å². The van der Waals surface area contributed by atoms with Gasteiger partial charge < -0.3 is 11.1 Å². The summed E-state index contributed by atoms with van der Waals surface area (Å²) < 4.78 is 26.7. The van der Waals surface area contributed by atoms with Crippen LogP contribution < -0.4 is 11.1 Å². The predicted molar refractivity (Wildman–Crippen MR) is 85.5 cm³/mol. The third-order valence-electron chi connectivity index (χ3n) is 3.92. The standard InChI is InChI=1S/C18H20F2N2O/c1-11(17(21)13-6-4-3-5-7-13)18(23)22-12(2)15-9-8-14(19)10-16(15)20/h3-12,17H,21H2,1-2H3,(H,22,23). The number of nitrogens with two attached hydrogens (primary N) is 1. The first-order valence-corrected chi connectivity index (χ1v) is 7.46. The Kier molecular flexibility index (Phi) is 5.45. The Bertz CT molecular complexity index is 676. The molecule has 2 rings (SSSR count). The van der Waals surface area contributed by atoms with E-state index in [1.807, 2.05) is 30.3 Å². The maximum atomic E-state index is 13.8. The van der Waals surface area contributed by atoms with Crippen LogP contribution in [0.4, 0.5) is 8.78 Å². The monoisotopic (exact) mass is 318 g/mol. The zero-order chi connectivity index (χ0) is 17.0. The van der Waals surface area contributed by atoms with E-state index in [0.717, 1.165) is 11.6 Å². The Morgan fingerprint density at radius 3 is 2.35 bits per heavy atom. The van der Waals surface area contributed by atoms with Gasteiger partial charge in [-0.3, -0.25) is 4.79 Å². The summed E-state index contributed by atoms with van der Waals surface area (Å²) in [6.45, 7) is 3.37. The van der Waals surface area contributed by atoms with E-state index in [2.05, 4.69) is 5.32 Å². The summed E-state index contributed by atoms with van der Waals surface area (Å²) in [7, 11) is 0. The molecule has 2 aromatic carbocycles. The van der Waals surface area contributed by atoms with E-state index >= 15 is 0 Å². The van der Waals surface area contributed by atoms with Gasteiger partial charge in [-0.15, -0.1) is 0 Å². The van der Waals surface area contributed by atoms with Crippen LogP contribution in [0.15, 0.2) is 48.5 Å². The Morgan fingerprint density at radius 2 is 1.74 bits per heavy atom. The van der Waals surface area contributed by atoms with Crippen LogP contribution >= 0.6 is 0 Å². The lowest BCUT2D eigenvalue weighted by Gasteiger charge is -2.22. The van der Waals surface area contributed by atoms with E-state index in [9.17, 15) is 13.6 Å². The third kappa shape index (κ3) is 4.13. The molecule has 3 N–H and O–H groups in total. The first-order valence-electron chi connectivity index (χ1n) is 7.46. The zero-order valence-corrected chi connectivity index (χ0v) is 13.1. The van der Waals surface area contributed by atoms with Crippen molar-refractivity contribution < 1.29 is 13.6 Å². The predicted octanol–water partition coefficient (Wildman–Crippen LogP) is 3.48. The summed E-state index contributed by atoms with van der Waals surface area (Å²) in [5, 5.41) is 2.73. The fourth-order valence-electron chi connectivity index (χ4n) is 2.40. The highest BCUT2D eigenvalue weighted by atomic mass is 19.1. The summed E-state index contributed by atoms with van der Waals surface area (Å²) in [4.78, 5) is 12.3. The van der Waals surface area contributed by atoms with Crippen molar-refractivity contribution in [3.63, 3.8) is 0 Å². The minimum absolute atomic E-state index is 0.236. The van der Waals surface area contributed by atoms with Crippen molar-refractivity contribution in [2.75, 3.05) is 0 Å². The van der Waals surface area contributed by atoms with E-state index < -0.39 is 29.6 Å². The molecule has 3 unspecified atom stereocenters. The molecule has 5 heteroatoms. The van der Waals surface area contributed by atoms with Crippen molar-refractivity contribution in [1.82, 2.24) is 5.32 Å². The first-order chi connectivity index (χ1) is 10.9. The van der Waals surface area contributed by atoms with Gasteiger partial charge in [0.15, 0.2) is 0 Å². The third-order valence-corrected chi connectivity index (χ3v) is 3.92. The molecule has 1 amide bonds. The van der Waals surface area contributed by atoms with Gasteiger partial charge in [-0.25, -0.2) is 8.78 Å². The average molecular weight is 318 g/mol. The number of hydrogen-bond acceptors (Lipinski definition) is 2. The summed E-state index contributed by atoms with van der Waals surface area (Å²) in [6, 6.07) is 11.6. The second-order valence-corrected chi connectivity index (χ2v) is 5.62. The molecular formula is C18H20F2N2O. The van der Waals surface area contributed by atoms with Gasteiger partial charge in [-0.2, -0.15) is 0 Å². The molecule has 0 bridgehead atoms. The van der Waals surface area contributed by atoms with Gasteiger partial charge in [0, 0.05) is 17.7 Å². The molecule has 0 aliphatic rings. The van der Waals surface area contributed by atoms with Crippen molar-refractivity contribution in [1.29, 1.82) is 0 Å². The molecule has 2 aromatic rings. The molecule has 0 saturated carbocycles. The van der Waals surface area contributed by atoms with E-state index in [-0.39, 0.29) is 11.5 Å². The number of carbonyl (C=O) groups is 1. The quantitative estimate of drug-likeness (QED) is 0.887. The Balaban J connectivity index is 2.05. The van der Waals surface area contributed by atoms with Crippen LogP contribution in [0.3, 0.4) is 0 Å². The van der Waals surface area contributed by atoms with Crippen LogP contribution in [0, 0.1) is 17.6 Å². The second-order valence-electron chi connectivity index (χ2n) is 5.62. The van der Waals surface area contributed by atoms with Crippen LogP contribution in [0.5, 0.6) is 0 Å². The van der Waals surface area contributed by atoms with Gasteiger partial charge in [0.25, 0.3) is 0 Å². The molecular weight excluding hydrogens is 298 g/mol. The lowest BCUT2D eigenvalue weighted by molar-refractivity contribution is -0.125. The molecule has 23 heavy (non-hydrogen) atoms. The molecule has 0 spiro atoms. The molecule has 0 aliphatic heterocycles. The Hall–Kier alpha value is -2.27. The maximum absolute atomic E-state index is 13.8. The number of amides is 1. The highest BCUT2D eigenvalue weighted by molar-refractivity contribution is 5.79. The summed E-state index contributed by atoms with van der Waals surface area (Å²) in [6.07, 6.45) is 0. The number of benzene rings is 2. The number of hydrogen-bond donors (Lipinski definition) is 2. The van der Waals surface area contributed by atoms with Crippen LogP contribution in [0.1, 0.15) is 37.1 Å². The van der Waals surface area contributed by atoms with Crippen molar-refractivity contribution in [3.8, 4) is 0 Å². The smallest absolute Gasteiger partial charge is 0.225 e. The molecule has 0 aromatic heterocycles. The number of nitrogens with one attached hydrogen (secondary N) is 1. The summed E-state index contributed by atoms with van der Waals surface area (Å²) >= 11 is 0. The van der Waals surface area contributed by atoms with E-state index in [1.54, 1.807) is 13.8 Å². The van der Waals surface area contributed by atoms with Crippen molar-refractivity contribution in [2.24, 2.45) is 11.7 Å². The number of halogens is 2. The molecule has 0 heterocycles. The van der Waals surface area contributed by atoms with Gasteiger partial charge in [0.2, 0.25) is 5.91 Å². The van der Waals surface area contributed by atoms with Crippen LogP contribution in [-0.4, -0.2) is 5.91 Å². The lowest BCUT2D eigenvalue weighted by Crippen LogP contribution is -2.37. The fraction of sp³-hybridized carbons (Fsp3) is 0.278. The Labute approximate surface area is 134 Å². The van der Waals surface area contributed by atoms with Gasteiger partial charge in [-0.1, -0.05) is 43.3 Å². The minimum Gasteiger partial charge on any atom is -0.349 e. The normalized spacial score (nSPS) is 14.8. The topological polar surface area (TPSA) is 55.1 Å². The molecule has 3 nitrogen and oxygen atoms in total. The van der Waals surface area contributed by atoms with Gasteiger partial charge in [-0.05, 0) is 18.6 Å². The Morgan fingerprint density at radius 1 is 1.09 bits per heavy atom. The van der Waals surface area contributed by atoms with E-state index in [0.29, 0.717) is 0 Å². The van der Waals surface area contributed by atoms with Crippen LogP contribution in [0.25, 0.3) is 0 Å². The average Bonchev–Trinajstić information content (AvgIpc) is 2.54. The number of carbonyl (C=O) groups excluding carboxylic acids is 1. The van der Waals surface area contributed by atoms with E-state index in [1.165, 1.54) is 12.1 Å². The zero-order valence-electron chi connectivity index (χ0n) is 13.1. The van der Waals surface area contributed by atoms with Crippen molar-refractivity contribution in [3.05, 3.63) is 71.3 Å². The molecule has 0 aliphatic carbocycles. The largest absolute Gasteiger partial charge is 0.349 e. The lowest BCUT2D eigenvalue weighted by atomic mass is 9.94. The molecule has 3 atom stereocenters. The van der Waals surface area contributed by atoms with Gasteiger partial charge in [0.05, 0.1) is 12.0 Å². The van der Waals surface area contributed by atoms with Crippen molar-refractivity contribution in [2.45, 2.75) is 25.9 Å². The number of rotatable bonds is 5. The molecule has 0 fully saturated rings. The maximum Gasteiger partial charge on any atom is 0.225 e. The minimum atomic E-state index is -0.683. The van der Waals surface area contributed by atoms with Crippen molar-refractivity contribution >= 4 is 5.91 Å². The fourth-order valence-corrected chi connectivity index (χ4v) is 2.40. The summed E-state index contributed by atoms with van der Waals surface area (Å²) in [5.41, 5.74) is 7.21. The van der Waals surface area contributed by atoms with E-state index in [4.69, 9.17) is 5.73 Å².